The molecule has 2 aromatic carbocycles. The van der Waals surface area contributed by atoms with E-state index in [0.717, 1.165) is 10.0 Å². The fourth-order valence-corrected chi connectivity index (χ4v) is 2.78. The van der Waals surface area contributed by atoms with Crippen molar-refractivity contribution in [2.45, 2.75) is 6.92 Å². The van der Waals surface area contributed by atoms with E-state index in [-0.39, 0.29) is 12.4 Å². The van der Waals surface area contributed by atoms with E-state index in [2.05, 4.69) is 20.9 Å². The Hall–Kier alpha value is -2.53. The van der Waals surface area contributed by atoms with Crippen LogP contribution in [0.1, 0.15) is 17.3 Å². The number of nitrogens with zero attached hydrogens (tertiary/aromatic N) is 1. The molecular formula is C19H14BrNO3. The quantitative estimate of drug-likeness (QED) is 0.626. The summed E-state index contributed by atoms with van der Waals surface area (Å²) in [7, 11) is 0. The van der Waals surface area contributed by atoms with Crippen LogP contribution >= 0.6 is 15.9 Å². The number of hydrogen-bond donors (Lipinski definition) is 0. The molecule has 3 rings (SSSR count). The fraction of sp³-hybridized carbons (Fsp3) is 0.105. The first kappa shape index (κ1) is 16.3. The first-order valence-corrected chi connectivity index (χ1v) is 8.16. The zero-order chi connectivity index (χ0) is 17.1. The number of esters is 1. The summed E-state index contributed by atoms with van der Waals surface area (Å²) in [6.45, 7) is 1.15. The Balaban J connectivity index is 2.12. The van der Waals surface area contributed by atoms with Crippen LogP contribution in [0.4, 0.5) is 0 Å². The summed E-state index contributed by atoms with van der Waals surface area (Å²) in [6, 6.07) is 16.8. The Morgan fingerprint density at radius 3 is 2.62 bits per heavy atom. The lowest BCUT2D eigenvalue weighted by Crippen LogP contribution is -2.12. The predicted octanol–water partition coefficient (Wildman–Crippen LogP) is 4.41. The largest absolute Gasteiger partial charge is 0.454 e. The Bertz CT molecular complexity index is 937. The highest BCUT2D eigenvalue weighted by Crippen LogP contribution is 2.27. The predicted molar refractivity (Wildman–Crippen MR) is 95.8 cm³/mol. The highest BCUT2D eigenvalue weighted by molar-refractivity contribution is 9.10. The second-order valence-electron chi connectivity index (χ2n) is 5.36. The van der Waals surface area contributed by atoms with Gasteiger partial charge in [0, 0.05) is 15.4 Å². The molecule has 1 aromatic heterocycles. The number of rotatable bonds is 4. The second-order valence-corrected chi connectivity index (χ2v) is 6.28. The highest BCUT2D eigenvalue weighted by Gasteiger charge is 2.15. The first-order valence-electron chi connectivity index (χ1n) is 7.37. The van der Waals surface area contributed by atoms with Crippen LogP contribution in [0.15, 0.2) is 59.1 Å². The molecule has 0 saturated heterocycles. The molecule has 5 heteroatoms. The van der Waals surface area contributed by atoms with Crippen LogP contribution in [0, 0.1) is 0 Å². The van der Waals surface area contributed by atoms with Crippen LogP contribution in [0.5, 0.6) is 0 Å². The van der Waals surface area contributed by atoms with Crippen LogP contribution in [-0.2, 0) is 9.53 Å². The minimum Gasteiger partial charge on any atom is -0.454 e. The molecule has 0 atom stereocenters. The molecule has 120 valence electrons. The number of pyridine rings is 1. The fourth-order valence-electron chi connectivity index (χ4n) is 2.38. The van der Waals surface area contributed by atoms with Crippen molar-refractivity contribution in [2.75, 3.05) is 6.61 Å². The number of benzene rings is 2. The standard InChI is InChI=1S/C19H14BrNO3/c1-12(22)11-24-19(23)16-10-18(13-5-4-6-14(20)9-13)21-17-8-3-2-7-15(16)17/h2-10H,11H2,1H3. The second kappa shape index (κ2) is 6.93. The molecule has 0 N–H and O–H groups in total. The lowest BCUT2D eigenvalue weighted by molar-refractivity contribution is -0.120. The number of carbonyl (C=O) groups is 2. The van der Waals surface area contributed by atoms with Crippen molar-refractivity contribution < 1.29 is 14.3 Å². The Morgan fingerprint density at radius 2 is 1.88 bits per heavy atom. The van der Waals surface area contributed by atoms with Crippen molar-refractivity contribution in [3.8, 4) is 11.3 Å². The van der Waals surface area contributed by atoms with Crippen LogP contribution in [0.3, 0.4) is 0 Å². The van der Waals surface area contributed by atoms with Crippen molar-refractivity contribution in [1.82, 2.24) is 4.98 Å². The average Bonchev–Trinajstić information content (AvgIpc) is 2.58. The molecule has 24 heavy (non-hydrogen) atoms. The molecule has 0 saturated carbocycles. The third-order valence-electron chi connectivity index (χ3n) is 3.46. The van der Waals surface area contributed by atoms with Gasteiger partial charge < -0.3 is 4.74 Å². The third-order valence-corrected chi connectivity index (χ3v) is 3.96. The maximum absolute atomic E-state index is 12.4. The average molecular weight is 384 g/mol. The van der Waals surface area contributed by atoms with Gasteiger partial charge in [0.25, 0.3) is 0 Å². The van der Waals surface area contributed by atoms with E-state index in [1.165, 1.54) is 6.92 Å². The number of ether oxygens (including phenoxy) is 1. The molecule has 0 fully saturated rings. The lowest BCUT2D eigenvalue weighted by atomic mass is 10.0. The molecule has 4 nitrogen and oxygen atoms in total. The van der Waals surface area contributed by atoms with Gasteiger partial charge in [-0.1, -0.05) is 46.3 Å². The van der Waals surface area contributed by atoms with Crippen LogP contribution in [0.2, 0.25) is 0 Å². The molecule has 0 unspecified atom stereocenters. The normalized spacial score (nSPS) is 10.6. The summed E-state index contributed by atoms with van der Waals surface area (Å²) in [6.07, 6.45) is 0. The van der Waals surface area contributed by atoms with Crippen molar-refractivity contribution >= 4 is 38.6 Å². The van der Waals surface area contributed by atoms with Crippen LogP contribution in [0.25, 0.3) is 22.2 Å². The molecule has 3 aromatic rings. The number of fused-ring (bicyclic) bond motifs is 1. The van der Waals surface area contributed by atoms with E-state index in [1.807, 2.05) is 48.5 Å². The van der Waals surface area contributed by atoms with Gasteiger partial charge in [-0.15, -0.1) is 0 Å². The van der Waals surface area contributed by atoms with Gasteiger partial charge in [0.05, 0.1) is 16.8 Å². The molecule has 0 bridgehead atoms. The minimum absolute atomic E-state index is 0.200. The Morgan fingerprint density at radius 1 is 1.08 bits per heavy atom. The van der Waals surface area contributed by atoms with Gasteiger partial charge in [-0.25, -0.2) is 9.78 Å². The third kappa shape index (κ3) is 3.51. The van der Waals surface area contributed by atoms with Gasteiger partial charge in [0.15, 0.2) is 5.78 Å². The molecule has 0 radical (unpaired) electrons. The number of para-hydroxylation sites is 1. The van der Waals surface area contributed by atoms with E-state index >= 15 is 0 Å². The molecule has 0 amide bonds. The monoisotopic (exact) mass is 383 g/mol. The van der Waals surface area contributed by atoms with Crippen LogP contribution < -0.4 is 0 Å². The van der Waals surface area contributed by atoms with Gasteiger partial charge in [-0.3, -0.25) is 4.79 Å². The molecule has 0 aliphatic heterocycles. The number of carbonyl (C=O) groups excluding carboxylic acids is 2. The van der Waals surface area contributed by atoms with Gasteiger partial charge in [-0.05, 0) is 31.2 Å². The van der Waals surface area contributed by atoms with Gasteiger partial charge in [-0.2, -0.15) is 0 Å². The van der Waals surface area contributed by atoms with E-state index in [9.17, 15) is 9.59 Å². The van der Waals surface area contributed by atoms with E-state index in [1.54, 1.807) is 6.07 Å². The maximum Gasteiger partial charge on any atom is 0.339 e. The summed E-state index contributed by atoms with van der Waals surface area (Å²) in [5.74, 6) is -0.728. The number of Topliss-reactive ketones (excluding diaryl/α,β-unsaturated/α-hetero) is 1. The van der Waals surface area contributed by atoms with Crippen molar-refractivity contribution in [2.24, 2.45) is 0 Å². The molecule has 0 aliphatic rings. The van der Waals surface area contributed by atoms with Crippen molar-refractivity contribution in [3.05, 3.63) is 64.6 Å². The molecular weight excluding hydrogens is 370 g/mol. The number of ketones is 1. The van der Waals surface area contributed by atoms with Crippen molar-refractivity contribution in [3.63, 3.8) is 0 Å². The van der Waals surface area contributed by atoms with E-state index < -0.39 is 5.97 Å². The zero-order valence-corrected chi connectivity index (χ0v) is 14.5. The maximum atomic E-state index is 12.4. The van der Waals surface area contributed by atoms with E-state index in [4.69, 9.17) is 4.74 Å². The van der Waals surface area contributed by atoms with Gasteiger partial charge >= 0.3 is 5.97 Å². The Kier molecular flexibility index (Phi) is 4.71. The lowest BCUT2D eigenvalue weighted by Gasteiger charge is -2.10. The minimum atomic E-state index is -0.528. The summed E-state index contributed by atoms with van der Waals surface area (Å²) < 4.78 is 6.01. The summed E-state index contributed by atoms with van der Waals surface area (Å²) in [5, 5.41) is 0.699. The zero-order valence-electron chi connectivity index (χ0n) is 13.0. The van der Waals surface area contributed by atoms with Gasteiger partial charge in [0.1, 0.15) is 6.61 Å². The topological polar surface area (TPSA) is 56.3 Å². The molecule has 1 heterocycles. The Labute approximate surface area is 147 Å². The summed E-state index contributed by atoms with van der Waals surface area (Å²) >= 11 is 3.44. The first-order chi connectivity index (χ1) is 11.5. The van der Waals surface area contributed by atoms with Crippen LogP contribution in [-0.4, -0.2) is 23.3 Å². The molecule has 0 aliphatic carbocycles. The van der Waals surface area contributed by atoms with Crippen molar-refractivity contribution in [1.29, 1.82) is 0 Å². The number of hydrogen-bond acceptors (Lipinski definition) is 4. The number of aromatic nitrogens is 1. The summed E-state index contributed by atoms with van der Waals surface area (Å²) in [5.41, 5.74) is 2.65. The number of halogens is 1. The summed E-state index contributed by atoms with van der Waals surface area (Å²) in [4.78, 5) is 28.1. The SMILES string of the molecule is CC(=O)COC(=O)c1cc(-c2cccc(Br)c2)nc2ccccc12. The van der Waals surface area contributed by atoms with E-state index in [0.29, 0.717) is 22.2 Å². The van der Waals surface area contributed by atoms with Gasteiger partial charge in [0.2, 0.25) is 0 Å². The smallest absolute Gasteiger partial charge is 0.339 e. The molecule has 0 spiro atoms. The highest BCUT2D eigenvalue weighted by atomic mass is 79.9.